The number of aromatic nitrogens is 2. The van der Waals surface area contributed by atoms with E-state index < -0.39 is 0 Å². The predicted molar refractivity (Wildman–Crippen MR) is 83.0 cm³/mol. The Labute approximate surface area is 122 Å². The molecule has 0 saturated heterocycles. The van der Waals surface area contributed by atoms with Crippen LogP contribution in [-0.2, 0) is 13.0 Å². The lowest BCUT2D eigenvalue weighted by Gasteiger charge is -2.30. The third-order valence-electron chi connectivity index (χ3n) is 3.68. The fourth-order valence-corrected chi connectivity index (χ4v) is 3.60. The maximum atomic E-state index is 5.59. The molecule has 3 N–H and O–H groups in total. The first-order valence-electron chi connectivity index (χ1n) is 6.82. The molecule has 20 heavy (non-hydrogen) atoms. The number of hydrogen-bond acceptors (Lipinski definition) is 6. The molecule has 1 aliphatic rings. The predicted octanol–water partition coefficient (Wildman–Crippen LogP) is 2.51. The summed E-state index contributed by atoms with van der Waals surface area (Å²) in [5.74, 6) is 7.63. The van der Waals surface area contributed by atoms with Gasteiger partial charge in [-0.2, -0.15) is 0 Å². The zero-order valence-electron chi connectivity index (χ0n) is 11.8. The molecule has 1 aliphatic heterocycles. The summed E-state index contributed by atoms with van der Waals surface area (Å²) < 4.78 is 0. The molecule has 0 unspecified atom stereocenters. The van der Waals surface area contributed by atoms with Crippen LogP contribution in [0.4, 0.5) is 11.6 Å². The highest BCUT2D eigenvalue weighted by Crippen LogP contribution is 2.34. The van der Waals surface area contributed by atoms with E-state index in [9.17, 15) is 0 Å². The topological polar surface area (TPSA) is 67.1 Å². The third kappa shape index (κ3) is 2.25. The Morgan fingerprint density at radius 1 is 1.40 bits per heavy atom. The second kappa shape index (κ2) is 5.38. The van der Waals surface area contributed by atoms with Crippen LogP contribution in [-0.4, -0.2) is 16.5 Å². The third-order valence-corrected chi connectivity index (χ3v) is 4.71. The molecule has 106 valence electrons. The molecule has 2 aromatic heterocycles. The monoisotopic (exact) mass is 289 g/mol. The summed E-state index contributed by atoms with van der Waals surface area (Å²) in [4.78, 5) is 12.6. The van der Waals surface area contributed by atoms with Gasteiger partial charge in [-0.15, -0.1) is 11.3 Å². The van der Waals surface area contributed by atoms with E-state index in [1.54, 1.807) is 6.33 Å². The Morgan fingerprint density at radius 3 is 3.00 bits per heavy atom. The van der Waals surface area contributed by atoms with Crippen LogP contribution < -0.4 is 16.2 Å². The van der Waals surface area contributed by atoms with Crippen LogP contribution in [0, 0.1) is 0 Å². The molecule has 6 heteroatoms. The summed E-state index contributed by atoms with van der Waals surface area (Å²) >= 11 is 1.85. The molecule has 2 aromatic rings. The molecule has 5 nitrogen and oxygen atoms in total. The fourth-order valence-electron chi connectivity index (χ4n) is 2.71. The number of nitrogens with one attached hydrogen (secondary N) is 1. The number of nitrogens with zero attached hydrogens (tertiary/aromatic N) is 3. The van der Waals surface area contributed by atoms with E-state index in [1.807, 2.05) is 11.3 Å². The van der Waals surface area contributed by atoms with Gasteiger partial charge in [0.05, 0.1) is 0 Å². The summed E-state index contributed by atoms with van der Waals surface area (Å²) in [6.07, 6.45) is 2.67. The van der Waals surface area contributed by atoms with Crippen molar-refractivity contribution in [2.24, 2.45) is 5.84 Å². The minimum Gasteiger partial charge on any atom is -0.351 e. The van der Waals surface area contributed by atoms with Crippen LogP contribution in [0.25, 0.3) is 0 Å². The lowest BCUT2D eigenvalue weighted by Crippen LogP contribution is -2.31. The Morgan fingerprint density at radius 2 is 2.25 bits per heavy atom. The second-order valence-electron chi connectivity index (χ2n) is 5.30. The Kier molecular flexibility index (Phi) is 3.58. The van der Waals surface area contributed by atoms with E-state index in [1.165, 1.54) is 10.4 Å². The van der Waals surface area contributed by atoms with Crippen molar-refractivity contribution in [3.63, 3.8) is 0 Å². The highest BCUT2D eigenvalue weighted by molar-refractivity contribution is 7.10. The van der Waals surface area contributed by atoms with Crippen molar-refractivity contribution >= 4 is 23.0 Å². The van der Waals surface area contributed by atoms with Crippen LogP contribution in [0.2, 0.25) is 0 Å². The van der Waals surface area contributed by atoms with Crippen molar-refractivity contribution in [3.8, 4) is 0 Å². The zero-order valence-corrected chi connectivity index (χ0v) is 12.6. The smallest absolute Gasteiger partial charge is 0.148 e. The number of thiophene rings is 1. The van der Waals surface area contributed by atoms with E-state index in [0.717, 1.165) is 36.7 Å². The van der Waals surface area contributed by atoms with E-state index in [2.05, 4.69) is 45.6 Å². The summed E-state index contributed by atoms with van der Waals surface area (Å²) in [7, 11) is 0. The number of hydrogen-bond donors (Lipinski definition) is 2. The average Bonchev–Trinajstić information content (AvgIpc) is 2.93. The van der Waals surface area contributed by atoms with Gasteiger partial charge in [-0.1, -0.05) is 13.8 Å². The number of rotatable bonds is 3. The molecule has 0 radical (unpaired) electrons. The van der Waals surface area contributed by atoms with Gasteiger partial charge in [-0.25, -0.2) is 15.8 Å². The summed E-state index contributed by atoms with van der Waals surface area (Å²) in [6, 6.07) is 2.21. The first-order chi connectivity index (χ1) is 9.70. The van der Waals surface area contributed by atoms with Gasteiger partial charge in [0, 0.05) is 23.5 Å². The highest BCUT2D eigenvalue weighted by atomic mass is 32.1. The normalized spacial score (nSPS) is 14.5. The van der Waals surface area contributed by atoms with Gasteiger partial charge < -0.3 is 10.3 Å². The van der Waals surface area contributed by atoms with E-state index in [0.29, 0.717) is 5.92 Å². The zero-order chi connectivity index (χ0) is 14.1. The van der Waals surface area contributed by atoms with E-state index in [4.69, 9.17) is 5.84 Å². The number of nitrogen functional groups attached to an aromatic ring is 1. The first-order valence-corrected chi connectivity index (χ1v) is 7.70. The van der Waals surface area contributed by atoms with Crippen molar-refractivity contribution in [1.29, 1.82) is 0 Å². The number of anilines is 2. The molecule has 0 aliphatic carbocycles. The standard InChI is InChI=1S/C14H19N5S/c1-9(2)12-13(18-15)16-8-17-14(12)19-5-3-11-10(7-19)4-6-20-11/h4,6,8-9H,3,5,7,15H2,1-2H3,(H,16,17,18). The van der Waals surface area contributed by atoms with Crippen molar-refractivity contribution < 1.29 is 0 Å². The average molecular weight is 289 g/mol. The molecule has 0 spiro atoms. The van der Waals surface area contributed by atoms with Gasteiger partial charge in [-0.3, -0.25) is 0 Å². The molecule has 0 atom stereocenters. The molecule has 0 fully saturated rings. The summed E-state index contributed by atoms with van der Waals surface area (Å²) in [5, 5.41) is 2.17. The van der Waals surface area contributed by atoms with Gasteiger partial charge >= 0.3 is 0 Å². The van der Waals surface area contributed by atoms with Crippen LogP contribution >= 0.6 is 11.3 Å². The fraction of sp³-hybridized carbons (Fsp3) is 0.429. The number of fused-ring (bicyclic) bond motifs is 1. The Hall–Kier alpha value is -1.66. The van der Waals surface area contributed by atoms with Crippen LogP contribution in [0.5, 0.6) is 0 Å². The van der Waals surface area contributed by atoms with Crippen LogP contribution in [0.15, 0.2) is 17.8 Å². The van der Waals surface area contributed by atoms with Gasteiger partial charge in [0.1, 0.15) is 18.0 Å². The molecule has 0 aromatic carbocycles. The largest absolute Gasteiger partial charge is 0.351 e. The van der Waals surface area contributed by atoms with Crippen molar-refractivity contribution in [1.82, 2.24) is 9.97 Å². The molecule has 3 heterocycles. The molecule has 0 bridgehead atoms. The number of hydrazine groups is 1. The maximum Gasteiger partial charge on any atom is 0.148 e. The minimum atomic E-state index is 0.320. The Balaban J connectivity index is 1.99. The van der Waals surface area contributed by atoms with Crippen molar-refractivity contribution in [2.75, 3.05) is 16.9 Å². The lowest BCUT2D eigenvalue weighted by atomic mass is 10.0. The maximum absolute atomic E-state index is 5.59. The summed E-state index contributed by atoms with van der Waals surface area (Å²) in [6.45, 7) is 6.19. The summed E-state index contributed by atoms with van der Waals surface area (Å²) in [5.41, 5.74) is 5.20. The lowest BCUT2D eigenvalue weighted by molar-refractivity contribution is 0.714. The second-order valence-corrected chi connectivity index (χ2v) is 6.30. The minimum absolute atomic E-state index is 0.320. The van der Waals surface area contributed by atoms with Crippen molar-refractivity contribution in [3.05, 3.63) is 33.8 Å². The van der Waals surface area contributed by atoms with E-state index >= 15 is 0 Å². The Bertz CT molecular complexity index is 607. The number of nitrogens with two attached hydrogens (primary N) is 1. The first kappa shape index (κ1) is 13.3. The quantitative estimate of drug-likeness (QED) is 0.671. The van der Waals surface area contributed by atoms with Crippen molar-refractivity contribution in [2.45, 2.75) is 32.7 Å². The van der Waals surface area contributed by atoms with Gasteiger partial charge in [0.2, 0.25) is 0 Å². The van der Waals surface area contributed by atoms with Gasteiger partial charge in [-0.05, 0) is 29.3 Å². The van der Waals surface area contributed by atoms with E-state index in [-0.39, 0.29) is 0 Å². The highest BCUT2D eigenvalue weighted by Gasteiger charge is 2.23. The molecule has 3 rings (SSSR count). The van der Waals surface area contributed by atoms with Gasteiger partial charge in [0.15, 0.2) is 0 Å². The van der Waals surface area contributed by atoms with Crippen LogP contribution in [0.1, 0.15) is 35.8 Å². The molecule has 0 saturated carbocycles. The molecule has 0 amide bonds. The molecular weight excluding hydrogens is 270 g/mol. The van der Waals surface area contributed by atoms with Crippen LogP contribution in [0.3, 0.4) is 0 Å². The molecular formula is C14H19N5S. The van der Waals surface area contributed by atoms with Gasteiger partial charge in [0.25, 0.3) is 0 Å². The SMILES string of the molecule is CC(C)c1c(NN)ncnc1N1CCc2sccc2C1.